The highest BCUT2D eigenvalue weighted by Crippen LogP contribution is 2.40. The van der Waals surface area contributed by atoms with E-state index < -0.39 is 0 Å². The number of hydrogen-bond donors (Lipinski definition) is 2. The molecule has 12 heteroatoms. The van der Waals surface area contributed by atoms with Crippen LogP contribution >= 0.6 is 0 Å². The maximum Gasteiger partial charge on any atom is 0.123 e. The van der Waals surface area contributed by atoms with Crippen molar-refractivity contribution in [3.8, 4) is 22.5 Å². The molecule has 3 aromatic rings. The molecule has 4 rings (SSSR count). The first-order chi connectivity index (χ1) is 22.1. The zero-order chi connectivity index (χ0) is 31.7. The summed E-state index contributed by atoms with van der Waals surface area (Å²) < 4.78 is 30.1. The quantitative estimate of drug-likeness (QED) is 0.103. The molecule has 1 aromatic heterocycles. The molecule has 45 heavy (non-hydrogen) atoms. The van der Waals surface area contributed by atoms with Gasteiger partial charge in [0.2, 0.25) is 0 Å². The van der Waals surface area contributed by atoms with E-state index in [2.05, 4.69) is 71.6 Å². The third-order valence-electron chi connectivity index (χ3n) is 7.29. The van der Waals surface area contributed by atoms with Crippen LogP contribution in [0.1, 0.15) is 25.3 Å². The van der Waals surface area contributed by atoms with Crippen LogP contribution in [0, 0.1) is 0 Å². The molecule has 0 bridgehead atoms. The predicted octanol–water partition coefficient (Wildman–Crippen LogP) is 3.42. The van der Waals surface area contributed by atoms with Crippen molar-refractivity contribution in [3.63, 3.8) is 0 Å². The van der Waals surface area contributed by atoms with E-state index in [0.29, 0.717) is 79.2 Å². The van der Waals surface area contributed by atoms with E-state index in [4.69, 9.17) is 35.3 Å². The molecule has 246 valence electrons. The maximum absolute atomic E-state index is 5.87. The summed E-state index contributed by atoms with van der Waals surface area (Å²) in [6.45, 7) is 9.09. The molecule has 2 heterocycles. The zero-order valence-electron chi connectivity index (χ0n) is 26.7. The molecule has 0 saturated heterocycles. The summed E-state index contributed by atoms with van der Waals surface area (Å²) in [6.07, 6.45) is 3.59. The molecule has 1 aliphatic heterocycles. The molecule has 0 spiro atoms. The van der Waals surface area contributed by atoms with Crippen LogP contribution in [0.3, 0.4) is 0 Å². The number of rotatable bonds is 21. The number of hydrogen-bond acceptors (Lipinski definition) is 11. The Hall–Kier alpha value is -3.52. The van der Waals surface area contributed by atoms with E-state index in [1.807, 2.05) is 10.7 Å². The van der Waals surface area contributed by atoms with Crippen molar-refractivity contribution in [2.45, 2.75) is 32.9 Å². The fourth-order valence-electron chi connectivity index (χ4n) is 5.09. The van der Waals surface area contributed by atoms with Gasteiger partial charge in [0.1, 0.15) is 5.69 Å². The number of allylic oxidation sites excluding steroid dienone is 1. The lowest BCUT2D eigenvalue weighted by atomic mass is 9.96. The molecular formula is C33H49N7O5. The predicted molar refractivity (Wildman–Crippen MR) is 175 cm³/mol. The minimum absolute atomic E-state index is 0.495. The van der Waals surface area contributed by atoms with Gasteiger partial charge in [0, 0.05) is 42.3 Å². The van der Waals surface area contributed by atoms with Gasteiger partial charge in [-0.3, -0.25) is 0 Å². The van der Waals surface area contributed by atoms with Crippen molar-refractivity contribution in [1.82, 2.24) is 20.0 Å². The van der Waals surface area contributed by atoms with Crippen molar-refractivity contribution in [2.75, 3.05) is 84.6 Å². The third-order valence-corrected chi connectivity index (χ3v) is 7.29. The largest absolute Gasteiger partial charge is 0.401 e. The average molecular weight is 624 g/mol. The third kappa shape index (κ3) is 10.8. The van der Waals surface area contributed by atoms with Crippen molar-refractivity contribution >= 4 is 5.69 Å². The van der Waals surface area contributed by atoms with Crippen LogP contribution in [0.2, 0.25) is 0 Å². The Morgan fingerprint density at radius 3 is 2.07 bits per heavy atom. The number of nitrogens with zero attached hydrogens (tertiary/aromatic N) is 5. The Bertz CT molecular complexity index is 1320. The normalized spacial score (nSPS) is 12.8. The summed E-state index contributed by atoms with van der Waals surface area (Å²) >= 11 is 0. The van der Waals surface area contributed by atoms with Gasteiger partial charge in [-0.15, -0.1) is 5.10 Å². The lowest BCUT2D eigenvalue weighted by Crippen LogP contribution is -2.30. The van der Waals surface area contributed by atoms with E-state index in [0.717, 1.165) is 53.3 Å². The number of hydrazine groups is 1. The molecule has 4 N–H and O–H groups in total. The van der Waals surface area contributed by atoms with Crippen molar-refractivity contribution in [1.29, 1.82) is 0 Å². The first-order valence-corrected chi connectivity index (χ1v) is 15.8. The standard InChI is InChI=1S/C33H49N7O5/c1-3-8-28(34)26-39(35)13-15-41-17-19-43-21-23-45-24-22-44-20-18-42-16-14-40-33-29-10-5-4-9-27(29)25-38(2)31-12-7-6-11-30(31)32(33)36-37-40/h4-7,9-12,26H,3,8,13-25,34-35H2,1-2H3/b28-26-. The van der Waals surface area contributed by atoms with Crippen LogP contribution in [0.25, 0.3) is 22.5 Å². The van der Waals surface area contributed by atoms with E-state index in [9.17, 15) is 0 Å². The molecule has 0 atom stereocenters. The SMILES string of the molecule is CCC/C(N)=C/N(N)CCOCCOCCOCCOCCOCCn1nnc2c1-c1ccccc1CN(C)c1ccccc1-2. The monoisotopic (exact) mass is 623 g/mol. The van der Waals surface area contributed by atoms with Crippen molar-refractivity contribution in [3.05, 3.63) is 66.0 Å². The number of para-hydroxylation sites is 1. The first kappa shape index (κ1) is 34.4. The topological polar surface area (TPSA) is 135 Å². The lowest BCUT2D eigenvalue weighted by molar-refractivity contribution is -0.0122. The van der Waals surface area contributed by atoms with Gasteiger partial charge in [-0.25, -0.2) is 10.5 Å². The Morgan fingerprint density at radius 1 is 0.822 bits per heavy atom. The maximum atomic E-state index is 5.87. The van der Waals surface area contributed by atoms with Gasteiger partial charge in [0.25, 0.3) is 0 Å². The van der Waals surface area contributed by atoms with E-state index in [1.165, 1.54) is 5.56 Å². The number of fused-ring (bicyclic) bond motifs is 5. The Labute approximate surface area is 266 Å². The van der Waals surface area contributed by atoms with Crippen LogP contribution in [-0.2, 0) is 36.8 Å². The molecule has 0 amide bonds. The van der Waals surface area contributed by atoms with Gasteiger partial charge in [0.15, 0.2) is 0 Å². The van der Waals surface area contributed by atoms with Gasteiger partial charge < -0.3 is 39.3 Å². The fourth-order valence-corrected chi connectivity index (χ4v) is 5.09. The average Bonchev–Trinajstić information content (AvgIpc) is 3.45. The molecule has 0 unspecified atom stereocenters. The summed E-state index contributed by atoms with van der Waals surface area (Å²) in [5.41, 5.74) is 13.2. The molecule has 0 radical (unpaired) electrons. The minimum Gasteiger partial charge on any atom is -0.401 e. The lowest BCUT2D eigenvalue weighted by Gasteiger charge is -2.26. The second kappa shape index (κ2) is 19.1. The molecule has 0 saturated carbocycles. The molecule has 0 aliphatic carbocycles. The highest BCUT2D eigenvalue weighted by molar-refractivity contribution is 5.87. The van der Waals surface area contributed by atoms with Crippen LogP contribution in [0.5, 0.6) is 0 Å². The molecule has 1 aliphatic rings. The van der Waals surface area contributed by atoms with Crippen molar-refractivity contribution < 1.29 is 23.7 Å². The summed E-state index contributed by atoms with van der Waals surface area (Å²) in [7, 11) is 2.12. The van der Waals surface area contributed by atoms with Crippen LogP contribution in [-0.4, -0.2) is 99.7 Å². The Kier molecular flexibility index (Phi) is 14.6. The Morgan fingerprint density at radius 2 is 1.40 bits per heavy atom. The highest BCUT2D eigenvalue weighted by atomic mass is 16.6. The summed E-state index contributed by atoms with van der Waals surface area (Å²) in [5, 5.41) is 10.7. The van der Waals surface area contributed by atoms with E-state index in [-0.39, 0.29) is 0 Å². The molecule has 2 aromatic carbocycles. The summed E-state index contributed by atoms with van der Waals surface area (Å²) in [5.74, 6) is 5.87. The number of ether oxygens (including phenoxy) is 5. The van der Waals surface area contributed by atoms with E-state index in [1.54, 1.807) is 11.2 Å². The van der Waals surface area contributed by atoms with Gasteiger partial charge in [0.05, 0.1) is 84.9 Å². The fraction of sp³-hybridized carbons (Fsp3) is 0.515. The second-order valence-electron chi connectivity index (χ2n) is 10.8. The summed E-state index contributed by atoms with van der Waals surface area (Å²) in [6, 6.07) is 16.8. The van der Waals surface area contributed by atoms with Crippen molar-refractivity contribution in [2.24, 2.45) is 11.6 Å². The highest BCUT2D eigenvalue weighted by Gasteiger charge is 2.25. The first-order valence-electron chi connectivity index (χ1n) is 15.8. The second-order valence-corrected chi connectivity index (χ2v) is 10.8. The molecule has 12 nitrogen and oxygen atoms in total. The number of benzene rings is 2. The minimum atomic E-state index is 0.495. The van der Waals surface area contributed by atoms with Crippen LogP contribution in [0.15, 0.2) is 60.4 Å². The zero-order valence-corrected chi connectivity index (χ0v) is 26.7. The van der Waals surface area contributed by atoms with E-state index >= 15 is 0 Å². The Balaban J connectivity index is 1.04. The summed E-state index contributed by atoms with van der Waals surface area (Å²) in [4.78, 5) is 2.26. The van der Waals surface area contributed by atoms with Gasteiger partial charge in [-0.05, 0) is 18.1 Å². The number of anilines is 1. The number of nitrogens with two attached hydrogens (primary N) is 2. The van der Waals surface area contributed by atoms with Crippen LogP contribution in [0.4, 0.5) is 5.69 Å². The van der Waals surface area contributed by atoms with Gasteiger partial charge in [-0.1, -0.05) is 61.0 Å². The number of aromatic nitrogens is 3. The molecule has 0 fully saturated rings. The van der Waals surface area contributed by atoms with Gasteiger partial charge in [-0.2, -0.15) is 0 Å². The molecular weight excluding hydrogens is 574 g/mol. The smallest absolute Gasteiger partial charge is 0.123 e. The van der Waals surface area contributed by atoms with Crippen LogP contribution < -0.4 is 16.5 Å². The van der Waals surface area contributed by atoms with Gasteiger partial charge >= 0.3 is 0 Å².